The van der Waals surface area contributed by atoms with Crippen molar-refractivity contribution in [3.63, 3.8) is 0 Å². The number of carbonyl (C=O) groups excluding carboxylic acids is 4. The third-order valence-corrected chi connectivity index (χ3v) is 4.09. The summed E-state index contributed by atoms with van der Waals surface area (Å²) in [4.78, 5) is 46.9. The molecule has 2 fully saturated rings. The summed E-state index contributed by atoms with van der Waals surface area (Å²) in [5, 5.41) is 0. The molecule has 0 bridgehead atoms. The van der Waals surface area contributed by atoms with E-state index in [1.165, 1.54) is 0 Å². The van der Waals surface area contributed by atoms with Crippen LogP contribution in [-0.4, -0.2) is 35.5 Å². The van der Waals surface area contributed by atoms with Crippen molar-refractivity contribution in [1.29, 1.82) is 0 Å². The largest absolute Gasteiger partial charge is 0.514 e. The number of ether oxygens (including phenoxy) is 6. The Morgan fingerprint density at radius 2 is 1.10 bits per heavy atom. The normalized spacial score (nSPS) is 22.6. The van der Waals surface area contributed by atoms with E-state index in [2.05, 4.69) is 0 Å². The van der Waals surface area contributed by atoms with Crippen LogP contribution < -0.4 is 0 Å². The number of hydrogen-bond acceptors (Lipinski definition) is 10. The van der Waals surface area contributed by atoms with Gasteiger partial charge in [0.1, 0.15) is 0 Å². The third kappa shape index (κ3) is 5.19. The molecular formula is C20H24O10. The molecule has 0 unspecified atom stereocenters. The quantitative estimate of drug-likeness (QED) is 0.269. The summed E-state index contributed by atoms with van der Waals surface area (Å²) in [5.74, 6) is -1.39. The van der Waals surface area contributed by atoms with Gasteiger partial charge in [0, 0.05) is 25.0 Å². The Bertz CT molecular complexity index is 787. The van der Waals surface area contributed by atoms with Crippen LogP contribution in [0.1, 0.15) is 54.4 Å². The predicted molar refractivity (Wildman–Crippen MR) is 99.2 cm³/mol. The van der Waals surface area contributed by atoms with Gasteiger partial charge in [-0.3, -0.25) is 0 Å². The van der Waals surface area contributed by atoms with E-state index in [1.807, 2.05) is 0 Å². The van der Waals surface area contributed by atoms with Gasteiger partial charge in [0.15, 0.2) is 34.2 Å². The smallest absolute Gasteiger partial charge is 0.424 e. The lowest BCUT2D eigenvalue weighted by atomic mass is 10.1. The minimum absolute atomic E-state index is 0.0857. The first-order valence-corrected chi connectivity index (χ1v) is 9.30. The van der Waals surface area contributed by atoms with Crippen molar-refractivity contribution in [3.8, 4) is 0 Å². The van der Waals surface area contributed by atoms with E-state index in [9.17, 15) is 19.2 Å². The molecule has 2 aliphatic heterocycles. The summed E-state index contributed by atoms with van der Waals surface area (Å²) in [7, 11) is 0. The lowest BCUT2D eigenvalue weighted by Crippen LogP contribution is -2.23. The number of esters is 2. The van der Waals surface area contributed by atoms with Gasteiger partial charge >= 0.3 is 24.2 Å². The number of rotatable bonds is 6. The zero-order chi connectivity index (χ0) is 22.7. The van der Waals surface area contributed by atoms with Crippen LogP contribution in [-0.2, 0) is 38.0 Å². The van der Waals surface area contributed by atoms with E-state index >= 15 is 0 Å². The zero-order valence-electron chi connectivity index (χ0n) is 17.7. The molecule has 0 aromatic rings. The van der Waals surface area contributed by atoms with Gasteiger partial charge in [0.25, 0.3) is 0 Å². The highest BCUT2D eigenvalue weighted by Gasteiger charge is 2.43. The van der Waals surface area contributed by atoms with Crippen molar-refractivity contribution in [2.45, 2.75) is 65.6 Å². The average Bonchev–Trinajstić information content (AvgIpc) is 3.07. The van der Waals surface area contributed by atoms with Crippen molar-refractivity contribution in [3.05, 3.63) is 35.2 Å². The SMILES string of the molecule is CC/C(OC(=O)/C=C/C(=O)O/C(CC)=C1\OC(=O)OC1(C)C)=C1/OC(=O)OC1(C)C. The van der Waals surface area contributed by atoms with Gasteiger partial charge in [-0.2, -0.15) is 0 Å². The fourth-order valence-electron chi connectivity index (χ4n) is 2.75. The van der Waals surface area contributed by atoms with E-state index in [0.717, 1.165) is 12.2 Å². The van der Waals surface area contributed by atoms with E-state index < -0.39 is 35.5 Å². The van der Waals surface area contributed by atoms with Crippen molar-refractivity contribution in [2.75, 3.05) is 0 Å². The van der Waals surface area contributed by atoms with Crippen molar-refractivity contribution >= 4 is 24.2 Å². The fourth-order valence-corrected chi connectivity index (χ4v) is 2.75. The summed E-state index contributed by atoms with van der Waals surface area (Å²) in [6.07, 6.45) is 0.427. The van der Waals surface area contributed by atoms with Crippen LogP contribution in [0.3, 0.4) is 0 Å². The van der Waals surface area contributed by atoms with Gasteiger partial charge in [-0.15, -0.1) is 0 Å². The summed E-state index contributed by atoms with van der Waals surface area (Å²) < 4.78 is 30.3. The molecule has 0 saturated carbocycles. The zero-order valence-corrected chi connectivity index (χ0v) is 17.7. The Morgan fingerprint density at radius 3 is 1.33 bits per heavy atom. The third-order valence-electron chi connectivity index (χ3n) is 4.09. The van der Waals surface area contributed by atoms with Crippen molar-refractivity contribution in [1.82, 2.24) is 0 Å². The second kappa shape index (κ2) is 8.60. The maximum atomic E-state index is 12.1. The van der Waals surface area contributed by atoms with Gasteiger partial charge < -0.3 is 28.4 Å². The lowest BCUT2D eigenvalue weighted by Gasteiger charge is -2.17. The monoisotopic (exact) mass is 424 g/mol. The van der Waals surface area contributed by atoms with Crippen LogP contribution in [0.15, 0.2) is 35.2 Å². The molecule has 2 saturated heterocycles. The van der Waals surface area contributed by atoms with Gasteiger partial charge in [0.05, 0.1) is 0 Å². The highest BCUT2D eigenvalue weighted by Crippen LogP contribution is 2.34. The van der Waals surface area contributed by atoms with Gasteiger partial charge in [-0.25, -0.2) is 19.2 Å². The molecule has 0 spiro atoms. The Hall–Kier alpha value is -3.30. The molecule has 10 heteroatoms. The van der Waals surface area contributed by atoms with Crippen LogP contribution in [0.5, 0.6) is 0 Å². The molecular weight excluding hydrogens is 400 g/mol. The second-order valence-corrected chi connectivity index (χ2v) is 7.32. The molecule has 0 amide bonds. The van der Waals surface area contributed by atoms with Crippen LogP contribution in [0.4, 0.5) is 9.59 Å². The van der Waals surface area contributed by atoms with E-state index in [0.29, 0.717) is 0 Å². The minimum Gasteiger partial charge on any atom is -0.424 e. The first kappa shape index (κ1) is 23.0. The molecule has 2 heterocycles. The summed E-state index contributed by atoms with van der Waals surface area (Å²) in [6, 6.07) is 0. The Kier molecular flexibility index (Phi) is 6.59. The summed E-state index contributed by atoms with van der Waals surface area (Å²) in [6.45, 7) is 9.75. The molecule has 2 rings (SSSR count). The first-order chi connectivity index (χ1) is 13.9. The minimum atomic E-state index is -1.08. The van der Waals surface area contributed by atoms with Crippen LogP contribution in [0.2, 0.25) is 0 Å². The molecule has 164 valence electrons. The average molecular weight is 424 g/mol. The van der Waals surface area contributed by atoms with Gasteiger partial charge in [-0.1, -0.05) is 13.8 Å². The molecule has 0 aromatic heterocycles. The lowest BCUT2D eigenvalue weighted by molar-refractivity contribution is -0.137. The highest BCUT2D eigenvalue weighted by atomic mass is 16.8. The molecule has 0 aliphatic carbocycles. The first-order valence-electron chi connectivity index (χ1n) is 9.30. The van der Waals surface area contributed by atoms with Gasteiger partial charge in [-0.05, 0) is 27.7 Å². The van der Waals surface area contributed by atoms with Crippen LogP contribution in [0.25, 0.3) is 0 Å². The molecule has 2 aliphatic rings. The fraction of sp³-hybridized carbons (Fsp3) is 0.500. The Morgan fingerprint density at radius 1 is 0.767 bits per heavy atom. The van der Waals surface area contributed by atoms with E-state index in [1.54, 1.807) is 41.5 Å². The molecule has 30 heavy (non-hydrogen) atoms. The van der Waals surface area contributed by atoms with Gasteiger partial charge in [0.2, 0.25) is 0 Å². The number of allylic oxidation sites excluding steroid dienone is 2. The molecule has 0 aromatic carbocycles. The number of hydrogen-bond donors (Lipinski definition) is 0. The van der Waals surface area contributed by atoms with Crippen molar-refractivity contribution in [2.24, 2.45) is 0 Å². The molecule has 10 nitrogen and oxygen atoms in total. The Balaban J connectivity index is 2.08. The molecule has 0 radical (unpaired) electrons. The van der Waals surface area contributed by atoms with Crippen LogP contribution in [0, 0.1) is 0 Å². The number of cyclic esters (lactones) is 4. The molecule has 0 N–H and O–H groups in total. The second-order valence-electron chi connectivity index (χ2n) is 7.32. The van der Waals surface area contributed by atoms with E-state index in [-0.39, 0.29) is 35.9 Å². The predicted octanol–water partition coefficient (Wildman–Crippen LogP) is 3.76. The van der Waals surface area contributed by atoms with Crippen molar-refractivity contribution < 1.29 is 47.6 Å². The summed E-state index contributed by atoms with van der Waals surface area (Å²) in [5.41, 5.74) is -2.16. The summed E-state index contributed by atoms with van der Waals surface area (Å²) >= 11 is 0. The maximum absolute atomic E-state index is 12.1. The van der Waals surface area contributed by atoms with E-state index in [4.69, 9.17) is 28.4 Å². The number of carbonyl (C=O) groups is 4. The van der Waals surface area contributed by atoms with Crippen LogP contribution >= 0.6 is 0 Å². The highest BCUT2D eigenvalue weighted by molar-refractivity contribution is 5.92. The topological polar surface area (TPSA) is 124 Å². The Labute approximate surface area is 173 Å². The molecule has 0 atom stereocenters. The standard InChI is InChI=1S/C20H24O10/c1-7-11(15-19(3,4)29-17(23)27-15)25-13(21)9-10-14(22)26-12(8-2)16-20(5,6)30-18(24)28-16/h9-10H,7-8H2,1-6H3/b10-9+,15-11-,16-12-. The maximum Gasteiger partial charge on any atom is 0.514 e.